The van der Waals surface area contributed by atoms with Gasteiger partial charge in [0.2, 0.25) is 0 Å². The average molecular weight is 271 g/mol. The van der Waals surface area contributed by atoms with Crippen LogP contribution in [-0.2, 0) is 12.8 Å². The van der Waals surface area contributed by atoms with Gasteiger partial charge in [-0.05, 0) is 54.3 Å². The minimum absolute atomic E-state index is 0.158. The molecule has 2 aromatic rings. The lowest BCUT2D eigenvalue weighted by Gasteiger charge is -2.08. The molecule has 0 saturated carbocycles. The van der Waals surface area contributed by atoms with Crippen molar-refractivity contribution in [3.05, 3.63) is 58.9 Å². The monoisotopic (exact) mass is 271 g/mol. The van der Waals surface area contributed by atoms with E-state index in [2.05, 4.69) is 23.5 Å². The molecule has 1 heterocycles. The molecule has 1 aliphatic heterocycles. The van der Waals surface area contributed by atoms with Crippen LogP contribution < -0.4 is 10.1 Å². The lowest BCUT2D eigenvalue weighted by atomic mass is 10.1. The molecular formula is C17H18FNO. The summed E-state index contributed by atoms with van der Waals surface area (Å²) in [4.78, 5) is 0. The van der Waals surface area contributed by atoms with Gasteiger partial charge in [0, 0.05) is 18.7 Å². The summed E-state index contributed by atoms with van der Waals surface area (Å²) in [6, 6.07) is 11.5. The Morgan fingerprint density at radius 1 is 1.20 bits per heavy atom. The normalized spacial score (nSPS) is 12.9. The Kier molecular flexibility index (Phi) is 3.59. The average Bonchev–Trinajstić information content (AvgIpc) is 2.90. The maximum Gasteiger partial charge on any atom is 0.126 e. The zero-order chi connectivity index (χ0) is 13.9. The summed E-state index contributed by atoms with van der Waals surface area (Å²) in [5.74, 6) is 0.866. The van der Waals surface area contributed by atoms with Crippen LogP contribution in [0, 0.1) is 12.7 Å². The Bertz CT molecular complexity index is 624. The molecule has 0 bridgehead atoms. The van der Waals surface area contributed by atoms with Gasteiger partial charge in [0.25, 0.3) is 0 Å². The van der Waals surface area contributed by atoms with Crippen molar-refractivity contribution in [2.45, 2.75) is 19.8 Å². The Hall–Kier alpha value is -2.03. The summed E-state index contributed by atoms with van der Waals surface area (Å²) in [6.07, 6.45) is 1.96. The third kappa shape index (κ3) is 2.77. The number of rotatable bonds is 4. The minimum Gasteiger partial charge on any atom is -0.493 e. The van der Waals surface area contributed by atoms with Crippen LogP contribution in [0.5, 0.6) is 5.75 Å². The molecular weight excluding hydrogens is 253 g/mol. The number of fused-ring (bicyclic) bond motifs is 1. The predicted molar refractivity (Wildman–Crippen MR) is 79.0 cm³/mol. The summed E-state index contributed by atoms with van der Waals surface area (Å²) in [5, 5.41) is 3.33. The summed E-state index contributed by atoms with van der Waals surface area (Å²) >= 11 is 0. The Labute approximate surface area is 118 Å². The molecule has 3 rings (SSSR count). The molecule has 0 aromatic heterocycles. The van der Waals surface area contributed by atoms with E-state index >= 15 is 0 Å². The third-order valence-corrected chi connectivity index (χ3v) is 3.65. The SMILES string of the molecule is Cc1cc(NCCc2ccc3c(c2)CCO3)ccc1F. The molecule has 0 spiro atoms. The quantitative estimate of drug-likeness (QED) is 0.915. The first-order valence-corrected chi connectivity index (χ1v) is 6.97. The fourth-order valence-electron chi connectivity index (χ4n) is 2.50. The number of ether oxygens (including phenoxy) is 1. The van der Waals surface area contributed by atoms with E-state index in [-0.39, 0.29) is 5.82 Å². The maximum atomic E-state index is 13.2. The molecule has 1 aliphatic rings. The highest BCUT2D eigenvalue weighted by atomic mass is 19.1. The number of aryl methyl sites for hydroxylation is 1. The van der Waals surface area contributed by atoms with Gasteiger partial charge in [-0.3, -0.25) is 0 Å². The van der Waals surface area contributed by atoms with Crippen molar-refractivity contribution in [2.24, 2.45) is 0 Å². The standard InChI is InChI=1S/C17H18FNO/c1-12-10-15(3-4-16(12)18)19-8-6-13-2-5-17-14(11-13)7-9-20-17/h2-5,10-11,19H,6-9H2,1H3. The number of hydrogen-bond acceptors (Lipinski definition) is 2. The summed E-state index contributed by atoms with van der Waals surface area (Å²) < 4.78 is 18.7. The molecule has 3 heteroatoms. The van der Waals surface area contributed by atoms with Gasteiger partial charge in [-0.25, -0.2) is 4.39 Å². The molecule has 0 radical (unpaired) electrons. The first kappa shape index (κ1) is 13.0. The topological polar surface area (TPSA) is 21.3 Å². The predicted octanol–water partition coefficient (Wildman–Crippen LogP) is 3.72. The Morgan fingerprint density at radius 3 is 2.95 bits per heavy atom. The number of halogens is 1. The molecule has 0 fully saturated rings. The molecule has 1 N–H and O–H groups in total. The van der Waals surface area contributed by atoms with Crippen molar-refractivity contribution in [1.29, 1.82) is 0 Å². The first-order valence-electron chi connectivity index (χ1n) is 6.97. The largest absolute Gasteiger partial charge is 0.493 e. The minimum atomic E-state index is -0.158. The van der Waals surface area contributed by atoms with Crippen molar-refractivity contribution in [3.8, 4) is 5.75 Å². The fraction of sp³-hybridized carbons (Fsp3) is 0.294. The maximum absolute atomic E-state index is 13.2. The lowest BCUT2D eigenvalue weighted by Crippen LogP contribution is -2.05. The molecule has 104 valence electrons. The number of nitrogens with one attached hydrogen (secondary N) is 1. The third-order valence-electron chi connectivity index (χ3n) is 3.65. The van der Waals surface area contributed by atoms with Crippen molar-refractivity contribution < 1.29 is 9.13 Å². The van der Waals surface area contributed by atoms with Gasteiger partial charge in [-0.15, -0.1) is 0 Å². The number of anilines is 1. The molecule has 20 heavy (non-hydrogen) atoms. The second-order valence-corrected chi connectivity index (χ2v) is 5.18. The molecule has 2 aromatic carbocycles. The molecule has 0 atom stereocenters. The highest BCUT2D eigenvalue weighted by Crippen LogP contribution is 2.26. The van der Waals surface area contributed by atoms with Gasteiger partial charge in [-0.2, -0.15) is 0 Å². The van der Waals surface area contributed by atoms with Crippen LogP contribution in [0.1, 0.15) is 16.7 Å². The number of hydrogen-bond donors (Lipinski definition) is 1. The first-order chi connectivity index (χ1) is 9.72. The van der Waals surface area contributed by atoms with Gasteiger partial charge >= 0.3 is 0 Å². The fourth-order valence-corrected chi connectivity index (χ4v) is 2.50. The second-order valence-electron chi connectivity index (χ2n) is 5.18. The van der Waals surface area contributed by atoms with Gasteiger partial charge in [0.1, 0.15) is 11.6 Å². The molecule has 0 aliphatic carbocycles. The van der Waals surface area contributed by atoms with Crippen LogP contribution in [0.15, 0.2) is 36.4 Å². The second kappa shape index (κ2) is 5.53. The number of benzene rings is 2. The highest BCUT2D eigenvalue weighted by molar-refractivity contribution is 5.46. The Balaban J connectivity index is 1.58. The molecule has 2 nitrogen and oxygen atoms in total. The van der Waals surface area contributed by atoms with E-state index in [9.17, 15) is 4.39 Å². The zero-order valence-electron chi connectivity index (χ0n) is 11.6. The van der Waals surface area contributed by atoms with Crippen LogP contribution in [0.3, 0.4) is 0 Å². The Morgan fingerprint density at radius 2 is 2.10 bits per heavy atom. The van der Waals surface area contributed by atoms with E-state index < -0.39 is 0 Å². The zero-order valence-corrected chi connectivity index (χ0v) is 11.6. The van der Waals surface area contributed by atoms with Crippen LogP contribution in [0.2, 0.25) is 0 Å². The van der Waals surface area contributed by atoms with Gasteiger partial charge in [-0.1, -0.05) is 12.1 Å². The van der Waals surface area contributed by atoms with E-state index in [0.29, 0.717) is 5.56 Å². The van der Waals surface area contributed by atoms with Crippen LogP contribution in [0.4, 0.5) is 10.1 Å². The smallest absolute Gasteiger partial charge is 0.126 e. The molecule has 0 unspecified atom stereocenters. The summed E-state index contributed by atoms with van der Waals surface area (Å²) in [6.45, 7) is 3.41. The van der Waals surface area contributed by atoms with Gasteiger partial charge in [0.05, 0.1) is 6.61 Å². The molecule has 0 saturated heterocycles. The molecule has 0 amide bonds. The van der Waals surface area contributed by atoms with Gasteiger partial charge < -0.3 is 10.1 Å². The van der Waals surface area contributed by atoms with E-state index in [1.54, 1.807) is 13.0 Å². The lowest BCUT2D eigenvalue weighted by molar-refractivity contribution is 0.357. The van der Waals surface area contributed by atoms with Crippen LogP contribution in [-0.4, -0.2) is 13.2 Å². The van der Waals surface area contributed by atoms with E-state index in [0.717, 1.165) is 37.4 Å². The van der Waals surface area contributed by atoms with E-state index in [1.807, 2.05) is 6.07 Å². The van der Waals surface area contributed by atoms with Crippen LogP contribution in [0.25, 0.3) is 0 Å². The van der Waals surface area contributed by atoms with Crippen molar-refractivity contribution in [3.63, 3.8) is 0 Å². The van der Waals surface area contributed by atoms with E-state index in [4.69, 9.17) is 4.74 Å². The van der Waals surface area contributed by atoms with Crippen LogP contribution >= 0.6 is 0 Å². The van der Waals surface area contributed by atoms with Crippen molar-refractivity contribution >= 4 is 5.69 Å². The summed E-state index contributed by atoms with van der Waals surface area (Å²) in [5.41, 5.74) is 4.25. The van der Waals surface area contributed by atoms with E-state index in [1.165, 1.54) is 17.2 Å². The summed E-state index contributed by atoms with van der Waals surface area (Å²) in [7, 11) is 0. The van der Waals surface area contributed by atoms with Crippen molar-refractivity contribution in [1.82, 2.24) is 0 Å². The van der Waals surface area contributed by atoms with Gasteiger partial charge in [0.15, 0.2) is 0 Å². The highest BCUT2D eigenvalue weighted by Gasteiger charge is 2.11. The van der Waals surface area contributed by atoms with Crippen molar-refractivity contribution in [2.75, 3.05) is 18.5 Å².